The smallest absolute Gasteiger partial charge is 0.434 e. The van der Waals surface area contributed by atoms with Crippen LogP contribution in [0.5, 0.6) is 0 Å². The maximum Gasteiger partial charge on any atom is 0.434 e. The molecule has 0 radical (unpaired) electrons. The van der Waals surface area contributed by atoms with Crippen LogP contribution < -0.4 is 5.32 Å². The maximum absolute atomic E-state index is 14.0. The zero-order valence-corrected chi connectivity index (χ0v) is 20.2. The van der Waals surface area contributed by atoms with Gasteiger partial charge in [-0.05, 0) is 30.6 Å². The molecule has 1 unspecified atom stereocenters. The minimum atomic E-state index is -5.27. The second-order valence-electron chi connectivity index (χ2n) is 8.51. The first-order chi connectivity index (χ1) is 14.7. The van der Waals surface area contributed by atoms with Crippen LogP contribution in [-0.4, -0.2) is 45.3 Å². The summed E-state index contributed by atoms with van der Waals surface area (Å²) in [6, 6.07) is 8.37. The molecule has 178 valence electrons. The van der Waals surface area contributed by atoms with Crippen molar-refractivity contribution < 1.29 is 36.7 Å². The highest BCUT2D eigenvalue weighted by Gasteiger charge is 2.63. The van der Waals surface area contributed by atoms with Gasteiger partial charge in [-0.1, -0.05) is 62.9 Å². The van der Waals surface area contributed by atoms with Crippen LogP contribution in [0.1, 0.15) is 33.3 Å². The number of rotatable bonds is 7. The lowest BCUT2D eigenvalue weighted by atomic mass is 10.00. The number of carbonyl (C=O) groups is 2. The minimum Gasteiger partial charge on any atom is -0.463 e. The molecule has 32 heavy (non-hydrogen) atoms. The van der Waals surface area contributed by atoms with Gasteiger partial charge in [0.05, 0.1) is 13.2 Å². The number of hydrogen-bond acceptors (Lipinski definition) is 5. The summed E-state index contributed by atoms with van der Waals surface area (Å²) in [6.07, 6.45) is -6.73. The molecule has 1 aromatic carbocycles. The van der Waals surface area contributed by atoms with Gasteiger partial charge in [0.1, 0.15) is 6.61 Å². The van der Waals surface area contributed by atoms with Crippen LogP contribution in [0, 0.1) is 11.8 Å². The van der Waals surface area contributed by atoms with Gasteiger partial charge in [-0.15, -0.1) is 0 Å². The fraction of sp³-hybridized carbons (Fsp3) is 0.545. The quantitative estimate of drug-likeness (QED) is 0.350. The number of nitrogens with one attached hydrogen (secondary N) is 1. The number of esters is 1. The molecule has 1 atom stereocenters. The highest BCUT2D eigenvalue weighted by Crippen LogP contribution is 2.36. The van der Waals surface area contributed by atoms with Gasteiger partial charge < -0.3 is 13.9 Å². The van der Waals surface area contributed by atoms with Gasteiger partial charge in [-0.25, -0.2) is 9.59 Å². The van der Waals surface area contributed by atoms with Crippen LogP contribution in [0.3, 0.4) is 0 Å². The molecule has 1 aromatic rings. The average Bonchev–Trinajstić information content (AvgIpc) is 2.67. The Morgan fingerprint density at radius 1 is 1.06 bits per heavy atom. The van der Waals surface area contributed by atoms with Gasteiger partial charge in [-0.3, -0.25) is 5.32 Å². The Kier molecular flexibility index (Phi) is 9.35. The van der Waals surface area contributed by atoms with Crippen LogP contribution in [0.25, 0.3) is 0 Å². The van der Waals surface area contributed by atoms with E-state index in [1.54, 1.807) is 35.6 Å². The molecule has 0 aliphatic carbocycles. The van der Waals surface area contributed by atoms with E-state index < -0.39 is 32.1 Å². The molecule has 1 amide bonds. The van der Waals surface area contributed by atoms with E-state index in [1.807, 2.05) is 39.8 Å². The summed E-state index contributed by atoms with van der Waals surface area (Å²) in [5.74, 6) is 2.35. The molecule has 0 aromatic heterocycles. The third-order valence-corrected chi connectivity index (χ3v) is 9.57. The van der Waals surface area contributed by atoms with Crippen molar-refractivity contribution >= 4 is 20.4 Å². The van der Waals surface area contributed by atoms with Crippen molar-refractivity contribution in [3.8, 4) is 11.8 Å². The Morgan fingerprint density at radius 3 is 2.16 bits per heavy atom. The van der Waals surface area contributed by atoms with Gasteiger partial charge in [0.25, 0.3) is 5.54 Å². The highest BCUT2D eigenvalue weighted by molar-refractivity contribution is 6.74. The zero-order valence-electron chi connectivity index (χ0n) is 19.2. The van der Waals surface area contributed by atoms with Crippen LogP contribution >= 0.6 is 0 Å². The number of hydrogen-bond donors (Lipinski definition) is 1. The predicted molar refractivity (Wildman–Crippen MR) is 116 cm³/mol. The lowest BCUT2D eigenvalue weighted by molar-refractivity contribution is -0.198. The third-order valence-electron chi connectivity index (χ3n) is 5.10. The zero-order chi connectivity index (χ0) is 24.6. The monoisotopic (exact) mass is 473 g/mol. The third kappa shape index (κ3) is 7.27. The van der Waals surface area contributed by atoms with Crippen LogP contribution in [-0.2, 0) is 25.3 Å². The molecule has 0 aliphatic heterocycles. The molecule has 6 nitrogen and oxygen atoms in total. The van der Waals surface area contributed by atoms with E-state index in [2.05, 4.69) is 10.7 Å². The van der Waals surface area contributed by atoms with Crippen LogP contribution in [0.4, 0.5) is 18.0 Å². The first-order valence-corrected chi connectivity index (χ1v) is 12.9. The summed E-state index contributed by atoms with van der Waals surface area (Å²) in [4.78, 5) is 24.5. The lowest BCUT2D eigenvalue weighted by Gasteiger charge is -2.35. The summed E-state index contributed by atoms with van der Waals surface area (Å²) in [5, 5.41) is 1.39. The van der Waals surface area contributed by atoms with Crippen molar-refractivity contribution in [1.82, 2.24) is 5.32 Å². The largest absolute Gasteiger partial charge is 0.463 e. The molecule has 0 fully saturated rings. The second kappa shape index (κ2) is 10.9. The molecule has 0 heterocycles. The standard InChI is InChI=1S/C22H30F3NO5Si/c1-7-29-18(27)21(22(23,24)25,14-11-15-31-32(5,6)20(2,3)4)26-19(28)30-16-17-12-9-8-10-13-17/h8-10,12-13H,7,15-16H2,1-6H3,(H,26,28). The summed E-state index contributed by atoms with van der Waals surface area (Å²) in [6.45, 7) is 10.1. The van der Waals surface area contributed by atoms with E-state index in [9.17, 15) is 22.8 Å². The molecule has 0 spiro atoms. The van der Waals surface area contributed by atoms with Crippen LogP contribution in [0.15, 0.2) is 30.3 Å². The van der Waals surface area contributed by atoms with E-state index in [-0.39, 0.29) is 24.9 Å². The number of amides is 1. The highest BCUT2D eigenvalue weighted by atomic mass is 28.4. The lowest BCUT2D eigenvalue weighted by Crippen LogP contribution is -2.64. The number of halogens is 3. The molecule has 10 heteroatoms. The topological polar surface area (TPSA) is 73.9 Å². The minimum absolute atomic E-state index is 0.184. The number of alkyl carbamates (subject to hydrolysis) is 1. The number of benzene rings is 1. The van der Waals surface area contributed by atoms with E-state index in [4.69, 9.17) is 9.16 Å². The Hall–Kier alpha value is -2.51. The molecular formula is C22H30F3NO5Si. The number of alkyl halides is 3. The molecular weight excluding hydrogens is 443 g/mol. The number of carbonyl (C=O) groups excluding carboxylic acids is 2. The van der Waals surface area contributed by atoms with Gasteiger partial charge in [0.15, 0.2) is 8.32 Å². The summed E-state index contributed by atoms with van der Waals surface area (Å²) < 4.78 is 57.3. The first-order valence-electron chi connectivity index (χ1n) is 10.0. The molecule has 1 rings (SSSR count). The van der Waals surface area contributed by atoms with Crippen molar-refractivity contribution in [2.45, 2.75) is 64.1 Å². The fourth-order valence-corrected chi connectivity index (χ4v) is 3.01. The normalized spacial score (nSPS) is 13.9. The molecule has 0 saturated heterocycles. The fourth-order valence-electron chi connectivity index (χ4n) is 2.14. The van der Waals surface area contributed by atoms with E-state index in [1.165, 1.54) is 6.92 Å². The SMILES string of the molecule is CCOC(=O)C(C#CCO[Si](C)(C)C(C)(C)C)(NC(=O)OCc1ccccc1)C(F)(F)F. The van der Waals surface area contributed by atoms with Gasteiger partial charge in [0, 0.05) is 0 Å². The summed E-state index contributed by atoms with van der Waals surface area (Å²) in [5.41, 5.74) is -3.03. The molecule has 1 N–H and O–H groups in total. The summed E-state index contributed by atoms with van der Waals surface area (Å²) in [7, 11) is -2.28. The second-order valence-corrected chi connectivity index (χ2v) is 13.3. The van der Waals surface area contributed by atoms with Crippen molar-refractivity contribution in [2.75, 3.05) is 13.2 Å². The van der Waals surface area contributed by atoms with Crippen molar-refractivity contribution in [3.05, 3.63) is 35.9 Å². The van der Waals surface area contributed by atoms with Gasteiger partial charge in [0.2, 0.25) is 0 Å². The predicted octanol–water partition coefficient (Wildman–Crippen LogP) is 4.80. The Balaban J connectivity index is 3.13. The first kappa shape index (κ1) is 27.5. The van der Waals surface area contributed by atoms with Crippen molar-refractivity contribution in [3.63, 3.8) is 0 Å². The summed E-state index contributed by atoms with van der Waals surface area (Å²) >= 11 is 0. The Bertz CT molecular complexity index is 841. The van der Waals surface area contributed by atoms with E-state index in [0.717, 1.165) is 0 Å². The van der Waals surface area contributed by atoms with Crippen LogP contribution in [0.2, 0.25) is 18.1 Å². The Morgan fingerprint density at radius 2 is 1.66 bits per heavy atom. The van der Waals surface area contributed by atoms with E-state index >= 15 is 0 Å². The van der Waals surface area contributed by atoms with Crippen molar-refractivity contribution in [1.29, 1.82) is 0 Å². The maximum atomic E-state index is 14.0. The Labute approximate surface area is 187 Å². The molecule has 0 bridgehead atoms. The van der Waals surface area contributed by atoms with Gasteiger partial charge >= 0.3 is 18.2 Å². The number of ether oxygens (including phenoxy) is 2. The van der Waals surface area contributed by atoms with Crippen molar-refractivity contribution in [2.24, 2.45) is 0 Å². The van der Waals surface area contributed by atoms with E-state index in [0.29, 0.717) is 5.56 Å². The average molecular weight is 474 g/mol. The molecule has 0 aliphatic rings. The van der Waals surface area contributed by atoms with Gasteiger partial charge in [-0.2, -0.15) is 13.2 Å². The molecule has 0 saturated carbocycles.